The molecule has 0 aliphatic rings. The first kappa shape index (κ1) is 24.2. The summed E-state index contributed by atoms with van der Waals surface area (Å²) < 4.78 is 20.7. The first-order valence-electron chi connectivity index (χ1n) is 8.80. The molecule has 1 N–H and O–H groups in total. The summed E-state index contributed by atoms with van der Waals surface area (Å²) in [5.74, 6) is 0.0849. The van der Waals surface area contributed by atoms with Gasteiger partial charge in [-0.15, -0.1) is 5.11 Å². The van der Waals surface area contributed by atoms with Gasteiger partial charge in [0.1, 0.15) is 22.9 Å². The lowest BCUT2D eigenvalue weighted by Gasteiger charge is -2.15. The van der Waals surface area contributed by atoms with Gasteiger partial charge in [-0.3, -0.25) is 9.59 Å². The maximum absolute atomic E-state index is 12.7. The van der Waals surface area contributed by atoms with Crippen molar-refractivity contribution in [2.45, 2.75) is 13.0 Å². The molecule has 0 aliphatic carbocycles. The van der Waals surface area contributed by atoms with Crippen LogP contribution < -0.4 is 24.3 Å². The maximum Gasteiger partial charge on any atom is 0.258 e. The standard InChI is InChI=1S/C20H21Cl2N3O6/c1-10(26)18(24-25-19-13(22)6-11(28-2)7-17(19)31-5)20(27)23-14-8-12(21)15(29-3)9-16(14)30-4/h6-9,18H,1-5H3,(H,23,27). The van der Waals surface area contributed by atoms with Gasteiger partial charge in [0.2, 0.25) is 6.04 Å². The van der Waals surface area contributed by atoms with Crippen molar-refractivity contribution in [3.8, 4) is 23.0 Å². The van der Waals surface area contributed by atoms with E-state index in [0.29, 0.717) is 11.5 Å². The fraction of sp³-hybridized carbons (Fsp3) is 0.300. The highest BCUT2D eigenvalue weighted by atomic mass is 35.5. The van der Waals surface area contributed by atoms with Gasteiger partial charge >= 0.3 is 0 Å². The minimum Gasteiger partial charge on any atom is -0.497 e. The highest BCUT2D eigenvalue weighted by Gasteiger charge is 2.25. The highest BCUT2D eigenvalue weighted by molar-refractivity contribution is 6.33. The van der Waals surface area contributed by atoms with Crippen LogP contribution in [0, 0.1) is 0 Å². The normalized spacial score (nSPS) is 11.7. The van der Waals surface area contributed by atoms with E-state index in [2.05, 4.69) is 15.5 Å². The fourth-order valence-corrected chi connectivity index (χ4v) is 2.99. The third kappa shape index (κ3) is 5.77. The van der Waals surface area contributed by atoms with E-state index in [9.17, 15) is 9.59 Å². The van der Waals surface area contributed by atoms with Gasteiger partial charge in [0.15, 0.2) is 11.5 Å². The molecule has 0 spiro atoms. The molecule has 0 fully saturated rings. The van der Waals surface area contributed by atoms with Gasteiger partial charge in [-0.05, 0) is 13.0 Å². The first-order valence-corrected chi connectivity index (χ1v) is 9.56. The van der Waals surface area contributed by atoms with E-state index >= 15 is 0 Å². The number of nitrogens with one attached hydrogen (secondary N) is 1. The van der Waals surface area contributed by atoms with Gasteiger partial charge < -0.3 is 24.3 Å². The van der Waals surface area contributed by atoms with Crippen LogP contribution in [0.3, 0.4) is 0 Å². The Kier molecular flexibility index (Phi) is 8.47. The molecule has 2 aromatic rings. The van der Waals surface area contributed by atoms with Gasteiger partial charge in [-0.2, -0.15) is 5.11 Å². The van der Waals surface area contributed by atoms with Gasteiger partial charge in [0.25, 0.3) is 5.91 Å². The second-order valence-corrected chi connectivity index (χ2v) is 6.88. The number of carbonyl (C=O) groups excluding carboxylic acids is 2. The van der Waals surface area contributed by atoms with Crippen LogP contribution >= 0.6 is 23.2 Å². The van der Waals surface area contributed by atoms with E-state index in [1.54, 1.807) is 6.07 Å². The molecular formula is C20H21Cl2N3O6. The Morgan fingerprint density at radius 1 is 0.871 bits per heavy atom. The number of nitrogens with zero attached hydrogens (tertiary/aromatic N) is 2. The molecule has 11 heteroatoms. The van der Waals surface area contributed by atoms with Gasteiger partial charge in [0.05, 0.1) is 44.2 Å². The van der Waals surface area contributed by atoms with Crippen molar-refractivity contribution in [2.24, 2.45) is 10.2 Å². The molecule has 166 valence electrons. The van der Waals surface area contributed by atoms with E-state index in [0.717, 1.165) is 0 Å². The summed E-state index contributed by atoms with van der Waals surface area (Å²) in [6.45, 7) is 1.22. The maximum atomic E-state index is 12.7. The monoisotopic (exact) mass is 469 g/mol. The van der Waals surface area contributed by atoms with Crippen molar-refractivity contribution < 1.29 is 28.5 Å². The van der Waals surface area contributed by atoms with Crippen molar-refractivity contribution in [3.63, 3.8) is 0 Å². The third-order valence-electron chi connectivity index (χ3n) is 4.10. The summed E-state index contributed by atoms with van der Waals surface area (Å²) in [5, 5.41) is 10.9. The Morgan fingerprint density at radius 2 is 1.52 bits per heavy atom. The second-order valence-electron chi connectivity index (χ2n) is 6.07. The summed E-state index contributed by atoms with van der Waals surface area (Å²) in [5.41, 5.74) is 0.383. The lowest BCUT2D eigenvalue weighted by molar-refractivity contribution is -0.126. The molecule has 1 atom stereocenters. The molecule has 0 saturated carbocycles. The number of ether oxygens (including phenoxy) is 4. The summed E-state index contributed by atoms with van der Waals surface area (Å²) >= 11 is 12.3. The lowest BCUT2D eigenvalue weighted by Crippen LogP contribution is -2.32. The minimum atomic E-state index is -1.45. The number of Topliss-reactive ketones (excluding diaryl/α,β-unsaturated/α-hetero) is 1. The molecule has 0 radical (unpaired) electrons. The van der Waals surface area contributed by atoms with Gasteiger partial charge in [-0.1, -0.05) is 23.2 Å². The van der Waals surface area contributed by atoms with Gasteiger partial charge in [-0.25, -0.2) is 0 Å². The van der Waals surface area contributed by atoms with Crippen LogP contribution in [-0.2, 0) is 9.59 Å². The molecule has 0 aliphatic heterocycles. The zero-order chi connectivity index (χ0) is 23.1. The smallest absolute Gasteiger partial charge is 0.258 e. The van der Waals surface area contributed by atoms with E-state index < -0.39 is 17.7 Å². The molecule has 2 aromatic carbocycles. The number of ketones is 1. The number of rotatable bonds is 9. The van der Waals surface area contributed by atoms with Crippen molar-refractivity contribution in [1.82, 2.24) is 0 Å². The van der Waals surface area contributed by atoms with E-state index in [4.69, 9.17) is 42.1 Å². The Hall–Kier alpha value is -3.04. The van der Waals surface area contributed by atoms with Gasteiger partial charge in [0, 0.05) is 18.2 Å². The van der Waals surface area contributed by atoms with E-state index in [1.807, 2.05) is 0 Å². The van der Waals surface area contributed by atoms with Crippen LogP contribution in [-0.4, -0.2) is 46.2 Å². The van der Waals surface area contributed by atoms with Crippen LogP contribution in [0.4, 0.5) is 11.4 Å². The van der Waals surface area contributed by atoms with Crippen LogP contribution in [0.1, 0.15) is 6.92 Å². The third-order valence-corrected chi connectivity index (χ3v) is 4.68. The summed E-state index contributed by atoms with van der Waals surface area (Å²) in [7, 11) is 5.75. The molecule has 0 saturated heterocycles. The number of methoxy groups -OCH3 is 4. The molecular weight excluding hydrogens is 449 g/mol. The van der Waals surface area contributed by atoms with Crippen molar-refractivity contribution in [2.75, 3.05) is 33.8 Å². The number of azo groups is 1. The number of halogens is 2. The largest absolute Gasteiger partial charge is 0.497 e. The SMILES string of the molecule is COc1cc(Cl)c(N=NC(C(C)=O)C(=O)Nc2cc(Cl)c(OC)cc2OC)c(OC)c1. The predicted molar refractivity (Wildman–Crippen MR) is 117 cm³/mol. The number of benzene rings is 2. The Balaban J connectivity index is 2.35. The van der Waals surface area contributed by atoms with Crippen LogP contribution in [0.2, 0.25) is 10.0 Å². The zero-order valence-corrected chi connectivity index (χ0v) is 19.0. The topological polar surface area (TPSA) is 108 Å². The van der Waals surface area contributed by atoms with Crippen LogP contribution in [0.15, 0.2) is 34.5 Å². The first-order chi connectivity index (χ1) is 14.7. The summed E-state index contributed by atoms with van der Waals surface area (Å²) in [4.78, 5) is 24.8. The molecule has 9 nitrogen and oxygen atoms in total. The van der Waals surface area contributed by atoms with Crippen molar-refractivity contribution in [3.05, 3.63) is 34.3 Å². The lowest BCUT2D eigenvalue weighted by atomic mass is 10.2. The molecule has 1 amide bonds. The number of amides is 1. The average molecular weight is 470 g/mol. The predicted octanol–water partition coefficient (Wildman–Crippen LogP) is 4.71. The summed E-state index contributed by atoms with van der Waals surface area (Å²) in [6.07, 6.45) is 0. The molecule has 2 rings (SSSR count). The zero-order valence-electron chi connectivity index (χ0n) is 17.5. The van der Waals surface area contributed by atoms with Crippen LogP contribution in [0.5, 0.6) is 23.0 Å². The highest BCUT2D eigenvalue weighted by Crippen LogP contribution is 2.39. The Bertz CT molecular complexity index is 1010. The minimum absolute atomic E-state index is 0.147. The molecule has 0 aromatic heterocycles. The molecule has 0 heterocycles. The molecule has 0 bridgehead atoms. The van der Waals surface area contributed by atoms with E-state index in [1.165, 1.54) is 53.6 Å². The van der Waals surface area contributed by atoms with Crippen LogP contribution in [0.25, 0.3) is 0 Å². The second kappa shape index (κ2) is 10.8. The number of carbonyl (C=O) groups is 2. The van der Waals surface area contributed by atoms with Crippen molar-refractivity contribution in [1.29, 1.82) is 0 Å². The number of hydrogen-bond acceptors (Lipinski definition) is 8. The Morgan fingerprint density at radius 3 is 2.06 bits per heavy atom. The Labute approximate surface area is 189 Å². The number of hydrogen-bond donors (Lipinski definition) is 1. The summed E-state index contributed by atoms with van der Waals surface area (Å²) in [6, 6.07) is 4.55. The fourth-order valence-electron chi connectivity index (χ4n) is 2.51. The quantitative estimate of drug-likeness (QED) is 0.420. The number of anilines is 1. The average Bonchev–Trinajstić information content (AvgIpc) is 2.74. The molecule has 1 unspecified atom stereocenters. The van der Waals surface area contributed by atoms with E-state index in [-0.39, 0.29) is 32.9 Å². The van der Waals surface area contributed by atoms with Crippen molar-refractivity contribution >= 4 is 46.3 Å². The molecule has 31 heavy (non-hydrogen) atoms.